The van der Waals surface area contributed by atoms with Crippen molar-refractivity contribution in [2.75, 3.05) is 32.8 Å². The van der Waals surface area contributed by atoms with Crippen LogP contribution in [0.3, 0.4) is 0 Å². The van der Waals surface area contributed by atoms with Crippen molar-refractivity contribution in [2.24, 2.45) is 0 Å². The maximum Gasteiger partial charge on any atom is 0.244 e. The smallest absolute Gasteiger partial charge is 0.244 e. The lowest BCUT2D eigenvalue weighted by molar-refractivity contribution is 0.135. The minimum absolute atomic E-state index is 0.392. The summed E-state index contributed by atoms with van der Waals surface area (Å²) >= 11 is 1.47. The van der Waals surface area contributed by atoms with E-state index < -0.39 is 10.0 Å². The third-order valence-corrected chi connectivity index (χ3v) is 6.01. The Labute approximate surface area is 126 Å². The summed E-state index contributed by atoms with van der Waals surface area (Å²) < 4.78 is 32.0. The number of rotatable bonds is 10. The molecular formula is C13H24N2O3S2. The molecule has 1 aromatic heterocycles. The van der Waals surface area contributed by atoms with Gasteiger partial charge in [-0.25, -0.2) is 8.42 Å². The van der Waals surface area contributed by atoms with Crippen molar-refractivity contribution in [3.8, 4) is 0 Å². The SMILES string of the molecule is CCNCc1sccc1S(=O)(=O)N(CC)CCOCC. The first-order valence-corrected chi connectivity index (χ1v) is 9.24. The Bertz CT molecular complexity index is 486. The lowest BCUT2D eigenvalue weighted by atomic mass is 10.4. The number of thiophene rings is 1. The Balaban J connectivity index is 2.87. The standard InChI is InChI=1S/C13H24N2O3S2/c1-4-14-11-12-13(7-10-19-12)20(16,17)15(5-2)8-9-18-6-3/h7,10,14H,4-6,8-9,11H2,1-3H3. The van der Waals surface area contributed by atoms with Crippen LogP contribution in [0.15, 0.2) is 16.3 Å². The van der Waals surface area contributed by atoms with Gasteiger partial charge in [0.1, 0.15) is 0 Å². The van der Waals surface area contributed by atoms with E-state index in [0.717, 1.165) is 11.4 Å². The molecular weight excluding hydrogens is 296 g/mol. The third-order valence-electron chi connectivity index (χ3n) is 2.90. The largest absolute Gasteiger partial charge is 0.380 e. The van der Waals surface area contributed by atoms with Crippen molar-refractivity contribution in [3.63, 3.8) is 0 Å². The average molecular weight is 320 g/mol. The summed E-state index contributed by atoms with van der Waals surface area (Å²) in [6, 6.07) is 1.69. The van der Waals surface area contributed by atoms with Gasteiger partial charge in [0.25, 0.3) is 0 Å². The first kappa shape index (κ1) is 17.6. The van der Waals surface area contributed by atoms with Crippen LogP contribution in [-0.4, -0.2) is 45.6 Å². The van der Waals surface area contributed by atoms with Crippen LogP contribution < -0.4 is 5.32 Å². The number of ether oxygens (including phenoxy) is 1. The van der Waals surface area contributed by atoms with E-state index in [0.29, 0.717) is 37.7 Å². The molecule has 0 aliphatic heterocycles. The maximum absolute atomic E-state index is 12.7. The van der Waals surface area contributed by atoms with E-state index in [1.165, 1.54) is 15.6 Å². The van der Waals surface area contributed by atoms with Crippen LogP contribution in [0.2, 0.25) is 0 Å². The topological polar surface area (TPSA) is 58.6 Å². The molecule has 0 aliphatic carbocycles. The second kappa shape index (κ2) is 8.74. The van der Waals surface area contributed by atoms with Crippen LogP contribution in [0.4, 0.5) is 0 Å². The fourth-order valence-electron chi connectivity index (χ4n) is 1.82. The number of nitrogens with one attached hydrogen (secondary N) is 1. The van der Waals surface area contributed by atoms with Crippen LogP contribution in [0, 0.1) is 0 Å². The molecule has 20 heavy (non-hydrogen) atoms. The molecule has 0 saturated heterocycles. The van der Waals surface area contributed by atoms with Crippen molar-refractivity contribution in [1.29, 1.82) is 0 Å². The van der Waals surface area contributed by atoms with E-state index in [2.05, 4.69) is 5.32 Å². The van der Waals surface area contributed by atoms with Gasteiger partial charge in [0.15, 0.2) is 0 Å². The van der Waals surface area contributed by atoms with Gasteiger partial charge in [0, 0.05) is 31.1 Å². The summed E-state index contributed by atoms with van der Waals surface area (Å²) in [4.78, 5) is 1.28. The van der Waals surface area contributed by atoms with Crippen LogP contribution in [-0.2, 0) is 21.3 Å². The molecule has 7 heteroatoms. The van der Waals surface area contributed by atoms with Crippen molar-refractivity contribution < 1.29 is 13.2 Å². The zero-order valence-corrected chi connectivity index (χ0v) is 14.0. The van der Waals surface area contributed by atoms with E-state index in [9.17, 15) is 8.42 Å². The number of nitrogens with zero attached hydrogens (tertiary/aromatic N) is 1. The van der Waals surface area contributed by atoms with E-state index >= 15 is 0 Å². The second-order valence-corrected chi connectivity index (χ2v) is 7.09. The van der Waals surface area contributed by atoms with Gasteiger partial charge in [-0.05, 0) is 24.9 Å². The Hall–Kier alpha value is -0.470. The molecule has 116 valence electrons. The molecule has 0 saturated carbocycles. The highest BCUT2D eigenvalue weighted by Gasteiger charge is 2.26. The van der Waals surface area contributed by atoms with Crippen molar-refractivity contribution >= 4 is 21.4 Å². The van der Waals surface area contributed by atoms with Crippen LogP contribution in [0.25, 0.3) is 0 Å². The fourth-order valence-corrected chi connectivity index (χ4v) is 4.64. The van der Waals surface area contributed by atoms with Crippen molar-refractivity contribution in [2.45, 2.75) is 32.2 Å². The van der Waals surface area contributed by atoms with Crippen LogP contribution in [0.1, 0.15) is 25.6 Å². The molecule has 5 nitrogen and oxygen atoms in total. The maximum atomic E-state index is 12.7. The zero-order chi connectivity index (χ0) is 15.0. The Morgan fingerprint density at radius 2 is 2.10 bits per heavy atom. The molecule has 0 unspecified atom stereocenters. The summed E-state index contributed by atoms with van der Waals surface area (Å²) in [6.45, 7) is 9.03. The predicted octanol–water partition coefficient (Wildman–Crippen LogP) is 1.90. The second-order valence-electron chi connectivity index (χ2n) is 4.18. The summed E-state index contributed by atoms with van der Waals surface area (Å²) in [6.07, 6.45) is 0. The summed E-state index contributed by atoms with van der Waals surface area (Å²) in [5, 5.41) is 5.00. The van der Waals surface area contributed by atoms with Crippen molar-refractivity contribution in [1.82, 2.24) is 9.62 Å². The summed E-state index contributed by atoms with van der Waals surface area (Å²) in [7, 11) is -3.43. The first-order chi connectivity index (χ1) is 9.57. The van der Waals surface area contributed by atoms with Crippen LogP contribution >= 0.6 is 11.3 Å². The lowest BCUT2D eigenvalue weighted by Crippen LogP contribution is -2.34. The molecule has 0 aromatic carbocycles. The van der Waals surface area contributed by atoms with E-state index in [-0.39, 0.29) is 0 Å². The Morgan fingerprint density at radius 3 is 2.70 bits per heavy atom. The highest BCUT2D eigenvalue weighted by molar-refractivity contribution is 7.89. The molecule has 0 fully saturated rings. The highest BCUT2D eigenvalue weighted by atomic mass is 32.2. The lowest BCUT2D eigenvalue weighted by Gasteiger charge is -2.20. The molecule has 0 radical (unpaired) electrons. The summed E-state index contributed by atoms with van der Waals surface area (Å²) in [5.74, 6) is 0. The third kappa shape index (κ3) is 4.53. The molecule has 1 heterocycles. The quantitative estimate of drug-likeness (QED) is 0.669. The van der Waals surface area contributed by atoms with Gasteiger partial charge in [-0.3, -0.25) is 0 Å². The van der Waals surface area contributed by atoms with Crippen molar-refractivity contribution in [3.05, 3.63) is 16.3 Å². The number of hydrogen-bond donors (Lipinski definition) is 1. The fraction of sp³-hybridized carbons (Fsp3) is 0.692. The van der Waals surface area contributed by atoms with Gasteiger partial charge in [-0.1, -0.05) is 13.8 Å². The monoisotopic (exact) mass is 320 g/mol. The number of hydrogen-bond acceptors (Lipinski definition) is 5. The minimum atomic E-state index is -3.43. The van der Waals surface area contributed by atoms with Gasteiger partial charge in [-0.2, -0.15) is 4.31 Å². The molecule has 0 spiro atoms. The van der Waals surface area contributed by atoms with E-state index in [1.807, 2.05) is 26.2 Å². The number of likely N-dealkylation sites (N-methyl/N-ethyl adjacent to an activating group) is 1. The van der Waals surface area contributed by atoms with Gasteiger partial charge in [-0.15, -0.1) is 11.3 Å². The molecule has 1 N–H and O–H groups in total. The zero-order valence-electron chi connectivity index (χ0n) is 12.4. The molecule has 1 rings (SSSR count). The normalized spacial score (nSPS) is 12.2. The Morgan fingerprint density at radius 1 is 1.35 bits per heavy atom. The first-order valence-electron chi connectivity index (χ1n) is 6.92. The van der Waals surface area contributed by atoms with E-state index in [1.54, 1.807) is 6.07 Å². The molecule has 0 bridgehead atoms. The van der Waals surface area contributed by atoms with Gasteiger partial charge in [0.05, 0.1) is 11.5 Å². The van der Waals surface area contributed by atoms with E-state index in [4.69, 9.17) is 4.74 Å². The Kier molecular flexibility index (Phi) is 7.68. The molecule has 0 aliphatic rings. The number of sulfonamides is 1. The van der Waals surface area contributed by atoms with Crippen LogP contribution in [0.5, 0.6) is 0 Å². The molecule has 1 aromatic rings. The van der Waals surface area contributed by atoms with Gasteiger partial charge in [0.2, 0.25) is 10.0 Å². The minimum Gasteiger partial charge on any atom is -0.380 e. The predicted molar refractivity (Wildman–Crippen MR) is 82.6 cm³/mol. The molecule has 0 atom stereocenters. The summed E-state index contributed by atoms with van der Waals surface area (Å²) in [5.41, 5.74) is 0. The van der Waals surface area contributed by atoms with Gasteiger partial charge < -0.3 is 10.1 Å². The van der Waals surface area contributed by atoms with Gasteiger partial charge >= 0.3 is 0 Å². The molecule has 0 amide bonds. The highest BCUT2D eigenvalue weighted by Crippen LogP contribution is 2.25. The average Bonchev–Trinajstić information content (AvgIpc) is 2.90.